The maximum Gasteiger partial charge on any atom is 0.143 e. The molecule has 0 saturated carbocycles. The predicted molar refractivity (Wildman–Crippen MR) is 210 cm³/mol. The van der Waals surface area contributed by atoms with Crippen LogP contribution in [0.3, 0.4) is 0 Å². The van der Waals surface area contributed by atoms with Crippen molar-refractivity contribution in [3.8, 4) is 11.1 Å². The fourth-order valence-electron chi connectivity index (χ4n) is 8.16. The van der Waals surface area contributed by atoms with Gasteiger partial charge in [-0.2, -0.15) is 0 Å². The van der Waals surface area contributed by atoms with Crippen LogP contribution in [0.15, 0.2) is 160 Å². The molecule has 4 heterocycles. The quantitative estimate of drug-likeness (QED) is 0.173. The lowest BCUT2D eigenvalue weighted by atomic mass is 9.97. The SMILES string of the molecule is c1ccc(C2NC(c3cccc4c3oc3c(-c5cccc6oc7ccccc7c56)cccc34)NC(c3cccc4sc5ccccc5c34)N2)cc1. The summed E-state index contributed by atoms with van der Waals surface area (Å²) in [6.07, 6.45) is -0.453. The van der Waals surface area contributed by atoms with Gasteiger partial charge in [-0.1, -0.05) is 127 Å². The summed E-state index contributed by atoms with van der Waals surface area (Å²) in [6.45, 7) is 0. The predicted octanol–water partition coefficient (Wildman–Crippen LogP) is 11.7. The molecular weight excluding hydrogens is 647 g/mol. The van der Waals surface area contributed by atoms with E-state index in [2.05, 4.69) is 149 Å². The van der Waals surface area contributed by atoms with Crippen LogP contribution in [0.1, 0.15) is 35.2 Å². The molecule has 0 bridgehead atoms. The van der Waals surface area contributed by atoms with E-state index in [1.165, 1.54) is 31.3 Å². The Balaban J connectivity index is 1.08. The van der Waals surface area contributed by atoms with Gasteiger partial charge in [0.2, 0.25) is 0 Å². The summed E-state index contributed by atoms with van der Waals surface area (Å²) in [4.78, 5) is 0. The van der Waals surface area contributed by atoms with E-state index < -0.39 is 0 Å². The number of thiophene rings is 1. The summed E-state index contributed by atoms with van der Waals surface area (Å²) in [6, 6.07) is 53.5. The summed E-state index contributed by atoms with van der Waals surface area (Å²) in [5, 5.41) is 18.7. The van der Waals surface area contributed by atoms with Crippen LogP contribution in [0.2, 0.25) is 0 Å². The minimum absolute atomic E-state index is 0.107. The first-order chi connectivity index (χ1) is 25.3. The number of fused-ring (bicyclic) bond motifs is 9. The van der Waals surface area contributed by atoms with Crippen LogP contribution < -0.4 is 16.0 Å². The number of nitrogens with one attached hydrogen (secondary N) is 3. The van der Waals surface area contributed by atoms with Gasteiger partial charge in [0.05, 0.1) is 18.5 Å². The molecule has 0 aliphatic carbocycles. The molecule has 3 unspecified atom stereocenters. The van der Waals surface area contributed by atoms with Crippen molar-refractivity contribution in [2.75, 3.05) is 0 Å². The molecule has 244 valence electrons. The lowest BCUT2D eigenvalue weighted by molar-refractivity contribution is 0.204. The Morgan fingerprint density at radius 1 is 0.392 bits per heavy atom. The van der Waals surface area contributed by atoms with Crippen molar-refractivity contribution in [3.05, 3.63) is 168 Å². The third-order valence-corrected chi connectivity index (χ3v) is 11.6. The van der Waals surface area contributed by atoms with Gasteiger partial charge in [-0.15, -0.1) is 11.3 Å². The van der Waals surface area contributed by atoms with Crippen LogP contribution in [0, 0.1) is 0 Å². The summed E-state index contributed by atoms with van der Waals surface area (Å²) in [5.41, 5.74) is 9.13. The molecule has 1 aliphatic rings. The molecule has 1 fully saturated rings. The maximum absolute atomic E-state index is 7.03. The summed E-state index contributed by atoms with van der Waals surface area (Å²) >= 11 is 1.85. The third-order valence-electron chi connectivity index (χ3n) is 10.4. The molecule has 1 aliphatic heterocycles. The van der Waals surface area contributed by atoms with Gasteiger partial charge >= 0.3 is 0 Å². The first-order valence-electron chi connectivity index (χ1n) is 17.4. The highest BCUT2D eigenvalue weighted by molar-refractivity contribution is 7.25. The van der Waals surface area contributed by atoms with Gasteiger partial charge in [-0.3, -0.25) is 16.0 Å². The van der Waals surface area contributed by atoms with Crippen molar-refractivity contribution < 1.29 is 8.83 Å². The highest BCUT2D eigenvalue weighted by Gasteiger charge is 2.33. The lowest BCUT2D eigenvalue weighted by Gasteiger charge is -2.39. The Hall–Kier alpha value is -5.76. The van der Waals surface area contributed by atoms with Gasteiger partial charge in [0.25, 0.3) is 0 Å². The van der Waals surface area contributed by atoms with E-state index in [0.29, 0.717) is 0 Å². The van der Waals surface area contributed by atoms with Gasteiger partial charge in [-0.05, 0) is 41.0 Å². The number of benzene rings is 7. The zero-order valence-electron chi connectivity index (χ0n) is 27.4. The summed E-state index contributed by atoms with van der Waals surface area (Å²) < 4.78 is 15.9. The molecule has 5 nitrogen and oxygen atoms in total. The van der Waals surface area contributed by atoms with E-state index in [0.717, 1.165) is 60.6 Å². The van der Waals surface area contributed by atoms with Crippen molar-refractivity contribution >= 4 is 75.4 Å². The average Bonchev–Trinajstić information content (AvgIpc) is 3.89. The molecular formula is C45H31N3O2S. The van der Waals surface area contributed by atoms with E-state index in [-0.39, 0.29) is 18.5 Å². The molecule has 3 aromatic heterocycles. The normalized spacial score (nSPS) is 18.2. The Bertz CT molecular complexity index is 2940. The molecule has 0 radical (unpaired) electrons. The number of para-hydroxylation sites is 3. The largest absolute Gasteiger partial charge is 0.456 e. The van der Waals surface area contributed by atoms with Gasteiger partial charge in [0, 0.05) is 52.8 Å². The zero-order valence-corrected chi connectivity index (χ0v) is 28.2. The van der Waals surface area contributed by atoms with Crippen molar-refractivity contribution in [1.82, 2.24) is 16.0 Å². The highest BCUT2D eigenvalue weighted by Crippen LogP contribution is 2.44. The molecule has 3 N–H and O–H groups in total. The number of hydrogen-bond acceptors (Lipinski definition) is 6. The van der Waals surface area contributed by atoms with Gasteiger partial charge in [0.1, 0.15) is 22.3 Å². The topological polar surface area (TPSA) is 62.4 Å². The fourth-order valence-corrected chi connectivity index (χ4v) is 9.30. The number of rotatable bonds is 4. The van der Waals surface area contributed by atoms with Crippen LogP contribution >= 0.6 is 11.3 Å². The molecule has 0 amide bonds. The van der Waals surface area contributed by atoms with E-state index in [1.807, 2.05) is 29.5 Å². The van der Waals surface area contributed by atoms with Gasteiger partial charge in [0.15, 0.2) is 0 Å². The fraction of sp³-hybridized carbons (Fsp3) is 0.0667. The second kappa shape index (κ2) is 11.4. The Labute approximate surface area is 297 Å². The molecule has 3 atom stereocenters. The minimum atomic E-state index is -0.212. The Morgan fingerprint density at radius 2 is 1.00 bits per heavy atom. The van der Waals surface area contributed by atoms with Crippen LogP contribution in [0.4, 0.5) is 0 Å². The van der Waals surface area contributed by atoms with E-state index in [4.69, 9.17) is 8.83 Å². The smallest absolute Gasteiger partial charge is 0.143 e. The highest BCUT2D eigenvalue weighted by atomic mass is 32.1. The monoisotopic (exact) mass is 677 g/mol. The van der Waals surface area contributed by atoms with Crippen LogP contribution in [-0.4, -0.2) is 0 Å². The Morgan fingerprint density at radius 3 is 1.90 bits per heavy atom. The minimum Gasteiger partial charge on any atom is -0.456 e. The second-order valence-electron chi connectivity index (χ2n) is 13.3. The molecule has 10 aromatic rings. The van der Waals surface area contributed by atoms with Crippen molar-refractivity contribution in [1.29, 1.82) is 0 Å². The van der Waals surface area contributed by atoms with Crippen LogP contribution in [0.25, 0.3) is 75.2 Å². The molecule has 1 saturated heterocycles. The zero-order chi connectivity index (χ0) is 33.5. The van der Waals surface area contributed by atoms with Crippen LogP contribution in [-0.2, 0) is 0 Å². The maximum atomic E-state index is 7.03. The van der Waals surface area contributed by atoms with Gasteiger partial charge in [-0.25, -0.2) is 0 Å². The molecule has 7 aromatic carbocycles. The van der Waals surface area contributed by atoms with Crippen LogP contribution in [0.5, 0.6) is 0 Å². The molecule has 51 heavy (non-hydrogen) atoms. The number of furan rings is 2. The van der Waals surface area contributed by atoms with E-state index in [1.54, 1.807) is 0 Å². The van der Waals surface area contributed by atoms with E-state index >= 15 is 0 Å². The van der Waals surface area contributed by atoms with E-state index in [9.17, 15) is 0 Å². The number of hydrogen-bond donors (Lipinski definition) is 3. The Kier molecular flexibility index (Phi) is 6.48. The van der Waals surface area contributed by atoms with Crippen molar-refractivity contribution in [2.24, 2.45) is 0 Å². The first kappa shape index (κ1) is 29.0. The third kappa shape index (κ3) is 4.51. The second-order valence-corrected chi connectivity index (χ2v) is 14.4. The standard InChI is InChI=1S/C45H31N3O2S/c1-2-12-26(13-3-1)43-46-44(33-20-11-25-38-40(33)32-15-5-7-24-37(32)51-38)48-45(47-43)34-21-9-19-30-29-18-8-17-28(41(29)50-42(30)34)27-16-10-23-36-39(27)31-14-4-6-22-35(31)49-36/h1-25,43-48H. The first-order valence-corrected chi connectivity index (χ1v) is 18.2. The molecule has 0 spiro atoms. The van der Waals surface area contributed by atoms with Crippen molar-refractivity contribution in [2.45, 2.75) is 18.5 Å². The summed E-state index contributed by atoms with van der Waals surface area (Å²) in [7, 11) is 0. The lowest BCUT2D eigenvalue weighted by Crippen LogP contribution is -2.54. The molecule has 6 heteroatoms. The molecule has 11 rings (SSSR count). The van der Waals surface area contributed by atoms with Gasteiger partial charge < -0.3 is 8.83 Å². The van der Waals surface area contributed by atoms with Crippen molar-refractivity contribution in [3.63, 3.8) is 0 Å². The summed E-state index contributed by atoms with van der Waals surface area (Å²) in [5.74, 6) is 0. The average molecular weight is 678 g/mol.